The summed E-state index contributed by atoms with van der Waals surface area (Å²) in [4.78, 5) is 13.7. The van der Waals surface area contributed by atoms with Gasteiger partial charge in [-0.3, -0.25) is 9.69 Å². The van der Waals surface area contributed by atoms with Gasteiger partial charge in [-0.1, -0.05) is 30.3 Å². The van der Waals surface area contributed by atoms with E-state index in [0.717, 1.165) is 25.9 Å². The van der Waals surface area contributed by atoms with Gasteiger partial charge in [0, 0.05) is 25.2 Å². The molecule has 0 radical (unpaired) electrons. The second kappa shape index (κ2) is 10.0. The van der Waals surface area contributed by atoms with Gasteiger partial charge in [0.1, 0.15) is 0 Å². The second-order valence-electron chi connectivity index (χ2n) is 5.17. The Morgan fingerprint density at radius 2 is 1.86 bits per heavy atom. The van der Waals surface area contributed by atoms with Gasteiger partial charge >= 0.3 is 0 Å². The number of likely N-dealkylation sites (tertiary alicyclic amines) is 1. The molecule has 120 valence electrons. The highest BCUT2D eigenvalue weighted by atomic mass is 35.5. The lowest BCUT2D eigenvalue weighted by atomic mass is 10.00. The fraction of sp³-hybridized carbons (Fsp3) is 0.533. The number of nitrogens with zero attached hydrogens (tertiary/aromatic N) is 1. The number of hydrogen-bond acceptors (Lipinski definition) is 3. The smallest absolute Gasteiger partial charge is 0.233 e. The van der Waals surface area contributed by atoms with E-state index in [1.807, 2.05) is 6.07 Å². The fourth-order valence-electron chi connectivity index (χ4n) is 2.66. The first kappa shape index (κ1) is 20.2. The Morgan fingerprint density at radius 3 is 2.38 bits per heavy atom. The Balaban J connectivity index is 0.00000200. The van der Waals surface area contributed by atoms with Gasteiger partial charge in [-0.05, 0) is 25.3 Å². The van der Waals surface area contributed by atoms with E-state index in [-0.39, 0.29) is 43.3 Å². The van der Waals surface area contributed by atoms with Crippen molar-refractivity contribution in [3.05, 3.63) is 35.9 Å². The molecule has 1 atom stereocenters. The number of piperidine rings is 1. The zero-order chi connectivity index (χ0) is 13.7. The predicted molar refractivity (Wildman–Crippen MR) is 91.1 cm³/mol. The zero-order valence-corrected chi connectivity index (χ0v) is 14.0. The average Bonchev–Trinajstić information content (AvgIpc) is 2.48. The Labute approximate surface area is 139 Å². The quantitative estimate of drug-likeness (QED) is 0.887. The normalized spacial score (nSPS) is 17.2. The van der Waals surface area contributed by atoms with Gasteiger partial charge in [-0.15, -0.1) is 24.8 Å². The number of hydrogen-bond donors (Lipinski definition) is 2. The fourth-order valence-corrected chi connectivity index (χ4v) is 2.66. The monoisotopic (exact) mass is 333 g/mol. The standard InChI is InChI=1S/C15H23N3O.2ClH/c1-12(13-5-3-2-4-6-13)18-9-7-14(8-10-18)17-15(19)11-16;;/h2-6,12,14H,7-11,16H2,1H3,(H,17,19);2*1H. The van der Waals surface area contributed by atoms with Crippen LogP contribution in [0.15, 0.2) is 30.3 Å². The largest absolute Gasteiger partial charge is 0.352 e. The van der Waals surface area contributed by atoms with E-state index in [2.05, 4.69) is 41.4 Å². The molecule has 1 fully saturated rings. The molecule has 1 saturated heterocycles. The number of nitrogens with two attached hydrogens (primary N) is 1. The molecule has 1 amide bonds. The van der Waals surface area contributed by atoms with E-state index in [1.165, 1.54) is 5.56 Å². The summed E-state index contributed by atoms with van der Waals surface area (Å²) in [5.41, 5.74) is 6.67. The van der Waals surface area contributed by atoms with E-state index in [4.69, 9.17) is 5.73 Å². The number of nitrogens with one attached hydrogen (secondary N) is 1. The molecule has 1 aliphatic heterocycles. The lowest BCUT2D eigenvalue weighted by Gasteiger charge is -2.36. The van der Waals surface area contributed by atoms with Crippen molar-refractivity contribution in [2.24, 2.45) is 5.73 Å². The number of amides is 1. The first-order chi connectivity index (χ1) is 9.20. The van der Waals surface area contributed by atoms with Crippen LogP contribution in [0.5, 0.6) is 0 Å². The summed E-state index contributed by atoms with van der Waals surface area (Å²) in [7, 11) is 0. The molecule has 1 aromatic rings. The second-order valence-corrected chi connectivity index (χ2v) is 5.17. The molecule has 0 aromatic heterocycles. The molecular weight excluding hydrogens is 309 g/mol. The van der Waals surface area contributed by atoms with Crippen LogP contribution in [0.4, 0.5) is 0 Å². The van der Waals surface area contributed by atoms with E-state index in [0.29, 0.717) is 6.04 Å². The molecule has 3 N–H and O–H groups in total. The molecule has 0 saturated carbocycles. The summed E-state index contributed by atoms with van der Waals surface area (Å²) < 4.78 is 0. The first-order valence-electron chi connectivity index (χ1n) is 6.99. The molecule has 0 aliphatic carbocycles. The molecule has 21 heavy (non-hydrogen) atoms. The minimum Gasteiger partial charge on any atom is -0.352 e. The summed E-state index contributed by atoms with van der Waals surface area (Å²) >= 11 is 0. The summed E-state index contributed by atoms with van der Waals surface area (Å²) in [6, 6.07) is 11.3. The van der Waals surface area contributed by atoms with E-state index >= 15 is 0 Å². The van der Waals surface area contributed by atoms with Crippen molar-refractivity contribution in [1.82, 2.24) is 10.2 Å². The van der Waals surface area contributed by atoms with Gasteiger partial charge in [0.25, 0.3) is 0 Å². The predicted octanol–water partition coefficient (Wildman–Crippen LogP) is 2.13. The van der Waals surface area contributed by atoms with Crippen LogP contribution in [-0.4, -0.2) is 36.5 Å². The summed E-state index contributed by atoms with van der Waals surface area (Å²) in [5, 5.41) is 2.98. The van der Waals surface area contributed by atoms with Crippen LogP contribution in [0.1, 0.15) is 31.4 Å². The summed E-state index contributed by atoms with van der Waals surface area (Å²) in [6.07, 6.45) is 2.01. The van der Waals surface area contributed by atoms with Crippen molar-refractivity contribution in [3.63, 3.8) is 0 Å². The van der Waals surface area contributed by atoms with Crippen molar-refractivity contribution in [2.75, 3.05) is 19.6 Å². The number of carbonyl (C=O) groups excluding carboxylic acids is 1. The zero-order valence-electron chi connectivity index (χ0n) is 12.3. The molecule has 2 rings (SSSR count). The van der Waals surface area contributed by atoms with Gasteiger partial charge in [0.05, 0.1) is 6.54 Å². The van der Waals surface area contributed by atoms with Gasteiger partial charge in [0.15, 0.2) is 0 Å². The van der Waals surface area contributed by atoms with Crippen LogP contribution in [0.3, 0.4) is 0 Å². The third-order valence-corrected chi connectivity index (χ3v) is 3.91. The molecule has 6 heteroatoms. The van der Waals surface area contributed by atoms with Crippen LogP contribution in [0.2, 0.25) is 0 Å². The maximum atomic E-state index is 11.3. The minimum absolute atomic E-state index is 0. The molecule has 1 aliphatic rings. The Morgan fingerprint density at radius 1 is 1.29 bits per heavy atom. The van der Waals surface area contributed by atoms with Crippen LogP contribution < -0.4 is 11.1 Å². The maximum Gasteiger partial charge on any atom is 0.233 e. The molecule has 0 bridgehead atoms. The number of rotatable bonds is 4. The molecule has 1 aromatic carbocycles. The van der Waals surface area contributed by atoms with Crippen LogP contribution in [-0.2, 0) is 4.79 Å². The number of carbonyl (C=O) groups is 1. The van der Waals surface area contributed by atoms with Crippen molar-refractivity contribution in [2.45, 2.75) is 31.8 Å². The third kappa shape index (κ3) is 5.83. The highest BCUT2D eigenvalue weighted by molar-refractivity contribution is 5.85. The van der Waals surface area contributed by atoms with Gasteiger partial charge in [0.2, 0.25) is 5.91 Å². The topological polar surface area (TPSA) is 58.4 Å². The molecule has 1 unspecified atom stereocenters. The Kier molecular flexibility index (Phi) is 9.62. The van der Waals surface area contributed by atoms with Crippen LogP contribution >= 0.6 is 24.8 Å². The van der Waals surface area contributed by atoms with Crippen molar-refractivity contribution < 1.29 is 4.79 Å². The highest BCUT2D eigenvalue weighted by Crippen LogP contribution is 2.23. The minimum atomic E-state index is -0.0467. The molecule has 4 nitrogen and oxygen atoms in total. The van der Waals surface area contributed by atoms with Crippen LogP contribution in [0, 0.1) is 0 Å². The maximum absolute atomic E-state index is 11.3. The average molecular weight is 334 g/mol. The Bertz CT molecular complexity index is 409. The highest BCUT2D eigenvalue weighted by Gasteiger charge is 2.23. The molecular formula is C15H25Cl2N3O. The Hall–Kier alpha value is -0.810. The SMILES string of the molecule is CC(c1ccccc1)N1CCC(NC(=O)CN)CC1.Cl.Cl. The first-order valence-corrected chi connectivity index (χ1v) is 6.99. The van der Waals surface area contributed by atoms with Gasteiger partial charge in [-0.25, -0.2) is 0 Å². The number of halogens is 2. The van der Waals surface area contributed by atoms with E-state index in [1.54, 1.807) is 0 Å². The molecule has 1 heterocycles. The van der Waals surface area contributed by atoms with E-state index in [9.17, 15) is 4.79 Å². The third-order valence-electron chi connectivity index (χ3n) is 3.91. The van der Waals surface area contributed by atoms with Crippen molar-refractivity contribution in [3.8, 4) is 0 Å². The summed E-state index contributed by atoms with van der Waals surface area (Å²) in [6.45, 7) is 4.37. The lowest BCUT2D eigenvalue weighted by molar-refractivity contribution is -0.120. The summed E-state index contributed by atoms with van der Waals surface area (Å²) in [5.74, 6) is -0.0467. The molecule has 0 spiro atoms. The van der Waals surface area contributed by atoms with E-state index < -0.39 is 0 Å². The van der Waals surface area contributed by atoms with Crippen LogP contribution in [0.25, 0.3) is 0 Å². The van der Waals surface area contributed by atoms with Gasteiger partial charge < -0.3 is 11.1 Å². The van der Waals surface area contributed by atoms with Gasteiger partial charge in [-0.2, -0.15) is 0 Å². The van der Waals surface area contributed by atoms with Crippen molar-refractivity contribution >= 4 is 30.7 Å². The lowest BCUT2D eigenvalue weighted by Crippen LogP contribution is -2.46. The number of benzene rings is 1. The van der Waals surface area contributed by atoms with Crippen molar-refractivity contribution in [1.29, 1.82) is 0 Å².